The highest BCUT2D eigenvalue weighted by molar-refractivity contribution is 5.72. The molecule has 0 amide bonds. The van der Waals surface area contributed by atoms with E-state index in [1.54, 1.807) is 6.21 Å². The first kappa shape index (κ1) is 8.91. The van der Waals surface area contributed by atoms with E-state index in [0.717, 1.165) is 32.5 Å². The zero-order valence-corrected chi connectivity index (χ0v) is 7.74. The molecule has 0 aromatic rings. The Bertz CT molecular complexity index is 229. The van der Waals surface area contributed by atoms with Crippen molar-refractivity contribution < 1.29 is 5.11 Å². The zero-order valence-electron chi connectivity index (χ0n) is 7.74. The minimum atomic E-state index is -0.514. The fraction of sp³-hybridized carbons (Fsp3) is 0.700. The molecule has 1 unspecified atom stereocenters. The van der Waals surface area contributed by atoms with E-state index < -0.39 is 5.60 Å². The molecule has 0 aromatic carbocycles. The van der Waals surface area contributed by atoms with Gasteiger partial charge in [0.15, 0.2) is 0 Å². The van der Waals surface area contributed by atoms with Crippen LogP contribution in [0.4, 0.5) is 0 Å². The van der Waals surface area contributed by atoms with Crippen LogP contribution in [0.1, 0.15) is 12.8 Å². The third-order valence-electron chi connectivity index (χ3n) is 3.00. The van der Waals surface area contributed by atoms with Gasteiger partial charge in [-0.15, -0.1) is 0 Å². The van der Waals surface area contributed by atoms with Crippen molar-refractivity contribution in [2.24, 2.45) is 10.9 Å². The Morgan fingerprint density at radius 2 is 2.15 bits per heavy atom. The largest absolute Gasteiger partial charge is 0.389 e. The number of rotatable bonds is 1. The molecule has 13 heavy (non-hydrogen) atoms. The topological polar surface area (TPSA) is 44.6 Å². The number of allylic oxidation sites excluding steroid dienone is 1. The van der Waals surface area contributed by atoms with Crippen LogP contribution in [-0.4, -0.2) is 36.6 Å². The van der Waals surface area contributed by atoms with Crippen LogP contribution in [0.5, 0.6) is 0 Å². The Kier molecular flexibility index (Phi) is 2.47. The number of nitrogens with one attached hydrogen (secondary N) is 1. The van der Waals surface area contributed by atoms with Gasteiger partial charge in [0.2, 0.25) is 0 Å². The lowest BCUT2D eigenvalue weighted by Crippen LogP contribution is -2.47. The normalized spacial score (nSPS) is 31.9. The highest BCUT2D eigenvalue weighted by Crippen LogP contribution is 2.29. The van der Waals surface area contributed by atoms with Gasteiger partial charge in [0.1, 0.15) is 0 Å². The van der Waals surface area contributed by atoms with Crippen LogP contribution in [0.15, 0.2) is 17.1 Å². The third kappa shape index (κ3) is 1.81. The van der Waals surface area contributed by atoms with E-state index in [-0.39, 0.29) is 5.92 Å². The van der Waals surface area contributed by atoms with Crippen LogP contribution < -0.4 is 5.32 Å². The van der Waals surface area contributed by atoms with Crippen molar-refractivity contribution in [3.63, 3.8) is 0 Å². The molecule has 3 nitrogen and oxygen atoms in total. The Morgan fingerprint density at radius 3 is 2.77 bits per heavy atom. The van der Waals surface area contributed by atoms with Gasteiger partial charge in [0.25, 0.3) is 0 Å². The number of nitrogens with zero attached hydrogens (tertiary/aromatic N) is 1. The van der Waals surface area contributed by atoms with Crippen molar-refractivity contribution in [2.45, 2.75) is 18.4 Å². The second-order valence-corrected chi connectivity index (χ2v) is 3.86. The summed E-state index contributed by atoms with van der Waals surface area (Å²) in [6.45, 7) is 2.59. The van der Waals surface area contributed by atoms with Gasteiger partial charge in [-0.05, 0) is 32.0 Å². The van der Waals surface area contributed by atoms with Crippen molar-refractivity contribution in [1.29, 1.82) is 0 Å². The Hall–Kier alpha value is -0.670. The summed E-state index contributed by atoms with van der Waals surface area (Å²) in [5, 5.41) is 13.6. The molecule has 2 N–H and O–H groups in total. The second kappa shape index (κ2) is 3.60. The van der Waals surface area contributed by atoms with Crippen molar-refractivity contribution in [3.8, 4) is 0 Å². The lowest BCUT2D eigenvalue weighted by atomic mass is 9.79. The number of dihydropyridines is 1. The van der Waals surface area contributed by atoms with Crippen molar-refractivity contribution in [1.82, 2.24) is 5.32 Å². The molecule has 3 heteroatoms. The molecular formula is C10H16N2O. The van der Waals surface area contributed by atoms with Gasteiger partial charge in [-0.1, -0.05) is 6.08 Å². The number of hydrogen-bond acceptors (Lipinski definition) is 3. The quantitative estimate of drug-likeness (QED) is 0.612. The molecule has 1 atom stereocenters. The molecule has 2 rings (SSSR count). The maximum absolute atomic E-state index is 10.3. The minimum absolute atomic E-state index is 0.222. The van der Waals surface area contributed by atoms with Gasteiger partial charge in [-0.3, -0.25) is 4.99 Å². The van der Waals surface area contributed by atoms with Crippen LogP contribution in [0, 0.1) is 5.92 Å². The Morgan fingerprint density at radius 1 is 1.38 bits per heavy atom. The van der Waals surface area contributed by atoms with Crippen LogP contribution in [0.25, 0.3) is 0 Å². The molecule has 2 heterocycles. The maximum atomic E-state index is 10.3. The van der Waals surface area contributed by atoms with Gasteiger partial charge in [0, 0.05) is 18.7 Å². The number of aliphatic imine (C=N–C) groups is 1. The van der Waals surface area contributed by atoms with Gasteiger partial charge in [-0.2, -0.15) is 0 Å². The molecule has 0 aliphatic carbocycles. The van der Waals surface area contributed by atoms with E-state index in [0.29, 0.717) is 0 Å². The second-order valence-electron chi connectivity index (χ2n) is 3.86. The predicted molar refractivity (Wildman–Crippen MR) is 53.0 cm³/mol. The summed E-state index contributed by atoms with van der Waals surface area (Å²) >= 11 is 0. The molecule has 2 aliphatic heterocycles. The minimum Gasteiger partial charge on any atom is -0.389 e. The van der Waals surface area contributed by atoms with Crippen LogP contribution >= 0.6 is 0 Å². The summed E-state index contributed by atoms with van der Waals surface area (Å²) in [6.07, 6.45) is 7.52. The van der Waals surface area contributed by atoms with Gasteiger partial charge < -0.3 is 10.4 Å². The van der Waals surface area contributed by atoms with E-state index in [1.807, 2.05) is 6.08 Å². The van der Waals surface area contributed by atoms with Gasteiger partial charge in [0.05, 0.1) is 5.60 Å². The van der Waals surface area contributed by atoms with E-state index >= 15 is 0 Å². The summed E-state index contributed by atoms with van der Waals surface area (Å²) < 4.78 is 0. The fourth-order valence-electron chi connectivity index (χ4n) is 2.06. The first-order chi connectivity index (χ1) is 6.31. The third-order valence-corrected chi connectivity index (χ3v) is 3.00. The van der Waals surface area contributed by atoms with Crippen LogP contribution in [-0.2, 0) is 0 Å². The van der Waals surface area contributed by atoms with Crippen molar-refractivity contribution in [2.75, 3.05) is 19.6 Å². The van der Waals surface area contributed by atoms with Crippen molar-refractivity contribution in [3.05, 3.63) is 12.2 Å². The average molecular weight is 180 g/mol. The molecule has 0 aromatic heterocycles. The first-order valence-electron chi connectivity index (χ1n) is 4.91. The van der Waals surface area contributed by atoms with E-state index in [1.165, 1.54) is 0 Å². The molecule has 72 valence electrons. The molecule has 1 saturated heterocycles. The zero-order chi connectivity index (χ0) is 9.15. The van der Waals surface area contributed by atoms with E-state index in [4.69, 9.17) is 0 Å². The van der Waals surface area contributed by atoms with Gasteiger partial charge in [-0.25, -0.2) is 0 Å². The lowest BCUT2D eigenvalue weighted by molar-refractivity contribution is -0.0243. The molecule has 0 spiro atoms. The first-order valence-corrected chi connectivity index (χ1v) is 4.91. The monoisotopic (exact) mass is 180 g/mol. The fourth-order valence-corrected chi connectivity index (χ4v) is 2.06. The summed E-state index contributed by atoms with van der Waals surface area (Å²) in [5.74, 6) is 0.222. The van der Waals surface area contributed by atoms with E-state index in [9.17, 15) is 5.11 Å². The van der Waals surface area contributed by atoms with Crippen molar-refractivity contribution >= 4 is 6.21 Å². The smallest absolute Gasteiger partial charge is 0.0752 e. The highest BCUT2D eigenvalue weighted by Gasteiger charge is 2.36. The predicted octanol–water partition coefficient (Wildman–Crippen LogP) is 0.358. The summed E-state index contributed by atoms with van der Waals surface area (Å²) in [4.78, 5) is 4.19. The molecule has 0 radical (unpaired) electrons. The van der Waals surface area contributed by atoms with Gasteiger partial charge >= 0.3 is 0 Å². The number of hydrogen-bond donors (Lipinski definition) is 2. The van der Waals surface area contributed by atoms with Crippen LogP contribution in [0.3, 0.4) is 0 Å². The lowest BCUT2D eigenvalue weighted by Gasteiger charge is -2.38. The van der Waals surface area contributed by atoms with Crippen LogP contribution in [0.2, 0.25) is 0 Å². The molecule has 0 saturated carbocycles. The molecule has 1 fully saturated rings. The maximum Gasteiger partial charge on any atom is 0.0752 e. The molecular weight excluding hydrogens is 164 g/mol. The number of piperidine rings is 1. The summed E-state index contributed by atoms with van der Waals surface area (Å²) in [5.41, 5.74) is -0.514. The Balaban J connectivity index is 2.04. The summed E-state index contributed by atoms with van der Waals surface area (Å²) in [6, 6.07) is 0. The standard InChI is InChI=1S/C10H16N2O/c13-10(3-6-11-7-4-10)9-2-1-5-12-8-9/h1-2,5,9,11,13H,3-4,6-8H2. The Labute approximate surface area is 78.6 Å². The van der Waals surface area contributed by atoms with E-state index in [2.05, 4.69) is 16.4 Å². The number of aliphatic hydroxyl groups is 1. The molecule has 0 bridgehead atoms. The highest BCUT2D eigenvalue weighted by atomic mass is 16.3. The molecule has 2 aliphatic rings. The summed E-state index contributed by atoms with van der Waals surface area (Å²) in [7, 11) is 0. The average Bonchev–Trinajstić information content (AvgIpc) is 2.20. The SMILES string of the molecule is OC1(C2C=CC=NC2)CCNCC1.